The second kappa shape index (κ2) is 5.13. The topological polar surface area (TPSA) is 6.48 Å². The van der Waals surface area contributed by atoms with Crippen LogP contribution in [0.4, 0.5) is 0 Å². The number of piperazine rings is 1. The number of nitrogens with zero attached hydrogens (tertiary/aromatic N) is 2. The average molecular weight is 198 g/mol. The van der Waals surface area contributed by atoms with E-state index in [0.29, 0.717) is 0 Å². The van der Waals surface area contributed by atoms with Gasteiger partial charge in [0.2, 0.25) is 0 Å². The Morgan fingerprint density at radius 3 is 2.29 bits per heavy atom. The number of rotatable bonds is 2. The van der Waals surface area contributed by atoms with E-state index in [9.17, 15) is 0 Å². The van der Waals surface area contributed by atoms with E-state index in [1.165, 1.54) is 26.1 Å². The minimum Gasteiger partial charge on any atom is -0.298 e. The van der Waals surface area contributed by atoms with Gasteiger partial charge in [-0.2, -0.15) is 0 Å². The molecule has 0 N–H and O–H groups in total. The van der Waals surface area contributed by atoms with Crippen molar-refractivity contribution < 1.29 is 0 Å². The lowest BCUT2D eigenvalue weighted by Crippen LogP contribution is -2.48. The van der Waals surface area contributed by atoms with E-state index in [0.717, 1.165) is 18.1 Å². The molecule has 0 spiro atoms. The predicted octanol–water partition coefficient (Wildman–Crippen LogP) is 2.20. The first-order valence-corrected chi connectivity index (χ1v) is 6.23. The number of hydrogen-bond donors (Lipinski definition) is 0. The maximum Gasteiger partial charge on any atom is 0.0270 e. The van der Waals surface area contributed by atoms with E-state index >= 15 is 0 Å². The summed E-state index contributed by atoms with van der Waals surface area (Å²) < 4.78 is 0. The largest absolute Gasteiger partial charge is 0.298 e. The van der Waals surface area contributed by atoms with E-state index in [1.807, 2.05) is 13.8 Å². The standard InChI is InChI=1S/C10H20N2.C2H6/c1-4-11-5-6-12(8(2)3)10-7-9(10)11;1-2/h8-10H,4-7H2,1-3H3;1-2H3. The molecule has 2 unspecified atom stereocenters. The average Bonchev–Trinajstić information content (AvgIpc) is 2.98. The van der Waals surface area contributed by atoms with Crippen molar-refractivity contribution in [3.63, 3.8) is 0 Å². The molecule has 0 aromatic heterocycles. The van der Waals surface area contributed by atoms with Crippen molar-refractivity contribution in [2.24, 2.45) is 0 Å². The van der Waals surface area contributed by atoms with E-state index in [2.05, 4.69) is 30.6 Å². The molecule has 1 saturated carbocycles. The van der Waals surface area contributed by atoms with Crippen LogP contribution in [0.1, 0.15) is 41.0 Å². The molecule has 2 fully saturated rings. The highest BCUT2D eigenvalue weighted by Gasteiger charge is 2.48. The van der Waals surface area contributed by atoms with Crippen LogP contribution in [0.2, 0.25) is 0 Å². The second-order valence-corrected chi connectivity index (χ2v) is 4.33. The van der Waals surface area contributed by atoms with Crippen LogP contribution in [0.25, 0.3) is 0 Å². The number of hydrogen-bond acceptors (Lipinski definition) is 2. The molecule has 1 aliphatic heterocycles. The Bertz CT molecular complexity index is 168. The van der Waals surface area contributed by atoms with Crippen LogP contribution >= 0.6 is 0 Å². The van der Waals surface area contributed by atoms with Gasteiger partial charge in [-0.15, -0.1) is 0 Å². The van der Waals surface area contributed by atoms with Gasteiger partial charge in [-0.25, -0.2) is 0 Å². The predicted molar refractivity (Wildman–Crippen MR) is 62.6 cm³/mol. The van der Waals surface area contributed by atoms with Crippen molar-refractivity contribution in [2.75, 3.05) is 19.6 Å². The van der Waals surface area contributed by atoms with Gasteiger partial charge in [-0.1, -0.05) is 20.8 Å². The van der Waals surface area contributed by atoms with Crippen LogP contribution < -0.4 is 0 Å². The summed E-state index contributed by atoms with van der Waals surface area (Å²) in [5.74, 6) is 0. The highest BCUT2D eigenvalue weighted by molar-refractivity contribution is 5.06. The van der Waals surface area contributed by atoms with Crippen LogP contribution in [-0.4, -0.2) is 47.6 Å². The molecular formula is C12H26N2. The Hall–Kier alpha value is -0.0800. The summed E-state index contributed by atoms with van der Waals surface area (Å²) in [4.78, 5) is 5.29. The van der Waals surface area contributed by atoms with Crippen LogP contribution in [0.15, 0.2) is 0 Å². The highest BCUT2D eigenvalue weighted by atomic mass is 15.4. The molecule has 2 atom stereocenters. The Morgan fingerprint density at radius 2 is 1.79 bits per heavy atom. The van der Waals surface area contributed by atoms with E-state index in [1.54, 1.807) is 0 Å². The van der Waals surface area contributed by atoms with Crippen LogP contribution in [0.3, 0.4) is 0 Å². The molecule has 1 heterocycles. The fourth-order valence-corrected chi connectivity index (χ4v) is 2.53. The summed E-state index contributed by atoms with van der Waals surface area (Å²) in [7, 11) is 0. The molecule has 84 valence electrons. The third-order valence-electron chi connectivity index (χ3n) is 3.33. The summed E-state index contributed by atoms with van der Waals surface area (Å²) in [6.45, 7) is 14.7. The molecule has 14 heavy (non-hydrogen) atoms. The molecule has 0 bridgehead atoms. The summed E-state index contributed by atoms with van der Waals surface area (Å²) in [5, 5.41) is 0. The van der Waals surface area contributed by atoms with Gasteiger partial charge in [0, 0.05) is 31.2 Å². The van der Waals surface area contributed by atoms with Crippen molar-refractivity contribution >= 4 is 0 Å². The van der Waals surface area contributed by atoms with Gasteiger partial charge in [0.25, 0.3) is 0 Å². The third-order valence-corrected chi connectivity index (χ3v) is 3.33. The van der Waals surface area contributed by atoms with Gasteiger partial charge in [0.05, 0.1) is 0 Å². The van der Waals surface area contributed by atoms with E-state index < -0.39 is 0 Å². The molecular weight excluding hydrogens is 172 g/mol. The molecule has 1 saturated heterocycles. The third kappa shape index (κ3) is 2.29. The van der Waals surface area contributed by atoms with Crippen molar-refractivity contribution in [1.29, 1.82) is 0 Å². The zero-order valence-electron chi connectivity index (χ0n) is 10.5. The first kappa shape index (κ1) is 12.0. The van der Waals surface area contributed by atoms with Crippen molar-refractivity contribution in [3.05, 3.63) is 0 Å². The van der Waals surface area contributed by atoms with E-state index in [-0.39, 0.29) is 0 Å². The fraction of sp³-hybridized carbons (Fsp3) is 1.00. The SMILES string of the molecule is CC.CCN1CCN(C(C)C)C2CC21. The smallest absolute Gasteiger partial charge is 0.0270 e. The number of likely N-dealkylation sites (N-methyl/N-ethyl adjacent to an activating group) is 1. The second-order valence-electron chi connectivity index (χ2n) is 4.33. The highest BCUT2D eigenvalue weighted by Crippen LogP contribution is 2.37. The summed E-state index contributed by atoms with van der Waals surface area (Å²) in [5.41, 5.74) is 0. The molecule has 2 nitrogen and oxygen atoms in total. The van der Waals surface area contributed by atoms with Gasteiger partial charge in [0.15, 0.2) is 0 Å². The summed E-state index contributed by atoms with van der Waals surface area (Å²) in [6, 6.07) is 2.56. The lowest BCUT2D eigenvalue weighted by Gasteiger charge is -2.35. The summed E-state index contributed by atoms with van der Waals surface area (Å²) in [6.07, 6.45) is 1.42. The fourth-order valence-electron chi connectivity index (χ4n) is 2.53. The van der Waals surface area contributed by atoms with Crippen molar-refractivity contribution in [1.82, 2.24) is 9.80 Å². The Labute approximate surface area is 89.3 Å². The Balaban J connectivity index is 0.000000461. The number of fused-ring (bicyclic) bond motifs is 1. The molecule has 0 aromatic carbocycles. The van der Waals surface area contributed by atoms with Crippen molar-refractivity contribution in [2.45, 2.75) is 59.2 Å². The quantitative estimate of drug-likeness (QED) is 0.671. The molecule has 2 aliphatic rings. The minimum absolute atomic E-state index is 0.749. The molecule has 0 radical (unpaired) electrons. The Morgan fingerprint density at radius 1 is 1.14 bits per heavy atom. The van der Waals surface area contributed by atoms with Crippen LogP contribution in [0, 0.1) is 0 Å². The van der Waals surface area contributed by atoms with E-state index in [4.69, 9.17) is 0 Å². The molecule has 0 amide bonds. The van der Waals surface area contributed by atoms with Crippen LogP contribution in [-0.2, 0) is 0 Å². The summed E-state index contributed by atoms with van der Waals surface area (Å²) >= 11 is 0. The van der Waals surface area contributed by atoms with Gasteiger partial charge >= 0.3 is 0 Å². The molecule has 1 aliphatic carbocycles. The normalized spacial score (nSPS) is 32.1. The minimum atomic E-state index is 0.749. The van der Waals surface area contributed by atoms with Crippen molar-refractivity contribution in [3.8, 4) is 0 Å². The lowest BCUT2D eigenvalue weighted by molar-refractivity contribution is 0.108. The van der Waals surface area contributed by atoms with Gasteiger partial charge in [-0.3, -0.25) is 9.80 Å². The van der Waals surface area contributed by atoms with Gasteiger partial charge in [0.1, 0.15) is 0 Å². The van der Waals surface area contributed by atoms with Gasteiger partial charge in [-0.05, 0) is 26.8 Å². The van der Waals surface area contributed by atoms with Gasteiger partial charge < -0.3 is 0 Å². The first-order valence-electron chi connectivity index (χ1n) is 6.23. The lowest BCUT2D eigenvalue weighted by atomic mass is 10.2. The zero-order valence-corrected chi connectivity index (χ0v) is 10.5. The molecule has 2 rings (SSSR count). The molecule has 0 aromatic rings. The zero-order chi connectivity index (χ0) is 10.7. The monoisotopic (exact) mass is 198 g/mol. The maximum atomic E-state index is 2.66. The maximum absolute atomic E-state index is 2.66. The Kier molecular flexibility index (Phi) is 4.39. The van der Waals surface area contributed by atoms with Crippen LogP contribution in [0.5, 0.6) is 0 Å². The molecule has 2 heteroatoms. The first-order chi connectivity index (χ1) is 6.74.